The Morgan fingerprint density at radius 1 is 1.33 bits per heavy atom. The Morgan fingerprint density at radius 3 is 3.14 bits per heavy atom. The van der Waals surface area contributed by atoms with E-state index in [-0.39, 0.29) is 0 Å². The van der Waals surface area contributed by atoms with E-state index in [0.29, 0.717) is 5.82 Å². The summed E-state index contributed by atoms with van der Waals surface area (Å²) in [6.07, 6.45) is 4.57. The maximum atomic E-state index is 5.37. The van der Waals surface area contributed by atoms with E-state index in [2.05, 4.69) is 31.7 Å². The van der Waals surface area contributed by atoms with Gasteiger partial charge in [0.25, 0.3) is 0 Å². The summed E-state index contributed by atoms with van der Waals surface area (Å²) in [5.41, 5.74) is 3.77. The minimum Gasteiger partial charge on any atom is -0.461 e. The van der Waals surface area contributed by atoms with Crippen LogP contribution in [0.4, 0.5) is 0 Å². The summed E-state index contributed by atoms with van der Waals surface area (Å²) < 4.78 is 5.37. The second-order valence-corrected chi connectivity index (χ2v) is 6.02. The molecule has 0 aliphatic carbocycles. The summed E-state index contributed by atoms with van der Waals surface area (Å²) in [4.78, 5) is 11.5. The third kappa shape index (κ3) is 2.62. The molecule has 0 N–H and O–H groups in total. The van der Waals surface area contributed by atoms with Crippen LogP contribution in [-0.2, 0) is 19.5 Å². The van der Waals surface area contributed by atoms with Crippen molar-refractivity contribution >= 4 is 11.3 Å². The van der Waals surface area contributed by atoms with Gasteiger partial charge < -0.3 is 4.42 Å². The molecule has 5 heteroatoms. The summed E-state index contributed by atoms with van der Waals surface area (Å²) in [7, 11) is 0. The molecule has 0 amide bonds. The van der Waals surface area contributed by atoms with E-state index in [1.807, 2.05) is 18.3 Å². The average molecular weight is 297 g/mol. The van der Waals surface area contributed by atoms with E-state index in [1.54, 1.807) is 17.6 Å². The monoisotopic (exact) mass is 297 g/mol. The largest absolute Gasteiger partial charge is 0.461 e. The Bertz CT molecular complexity index is 722. The molecule has 3 aromatic heterocycles. The molecule has 0 unspecified atom stereocenters. The van der Waals surface area contributed by atoms with Crippen LogP contribution < -0.4 is 0 Å². The molecule has 0 spiro atoms. The lowest BCUT2D eigenvalue weighted by molar-refractivity contribution is 0.243. The van der Waals surface area contributed by atoms with Crippen molar-refractivity contribution < 1.29 is 4.42 Å². The Morgan fingerprint density at radius 2 is 2.33 bits per heavy atom. The maximum absolute atomic E-state index is 5.37. The van der Waals surface area contributed by atoms with Gasteiger partial charge in [-0.2, -0.15) is 11.3 Å². The third-order valence-electron chi connectivity index (χ3n) is 3.74. The fourth-order valence-corrected chi connectivity index (χ4v) is 3.33. The number of hydrogen-bond acceptors (Lipinski definition) is 5. The number of aromatic nitrogens is 2. The van der Waals surface area contributed by atoms with E-state index in [9.17, 15) is 0 Å². The number of nitrogens with zero attached hydrogens (tertiary/aromatic N) is 3. The topological polar surface area (TPSA) is 42.2 Å². The van der Waals surface area contributed by atoms with Gasteiger partial charge in [0, 0.05) is 37.8 Å². The molecule has 0 saturated heterocycles. The third-order valence-corrected chi connectivity index (χ3v) is 4.47. The molecule has 1 aliphatic heterocycles. The first-order valence-electron chi connectivity index (χ1n) is 7.00. The van der Waals surface area contributed by atoms with E-state index in [1.165, 1.54) is 11.1 Å². The number of rotatable bonds is 3. The van der Waals surface area contributed by atoms with Crippen molar-refractivity contribution in [3.63, 3.8) is 0 Å². The van der Waals surface area contributed by atoms with Gasteiger partial charge in [-0.3, -0.25) is 4.90 Å². The minimum atomic E-state index is 0.685. The highest BCUT2D eigenvalue weighted by atomic mass is 32.1. The van der Waals surface area contributed by atoms with Crippen molar-refractivity contribution in [2.24, 2.45) is 0 Å². The molecule has 1 aliphatic rings. The van der Waals surface area contributed by atoms with Gasteiger partial charge in [-0.25, -0.2) is 9.97 Å². The highest BCUT2D eigenvalue weighted by Crippen LogP contribution is 2.22. The second kappa shape index (κ2) is 5.42. The molecule has 106 valence electrons. The summed E-state index contributed by atoms with van der Waals surface area (Å²) in [6.45, 7) is 2.96. The predicted octanol–water partition coefficient (Wildman–Crippen LogP) is 3.36. The second-order valence-electron chi connectivity index (χ2n) is 5.24. The smallest absolute Gasteiger partial charge is 0.195 e. The van der Waals surface area contributed by atoms with Crippen LogP contribution in [0.25, 0.3) is 11.6 Å². The first-order valence-corrected chi connectivity index (χ1v) is 7.95. The molecule has 0 aromatic carbocycles. The van der Waals surface area contributed by atoms with Crippen molar-refractivity contribution in [2.45, 2.75) is 19.5 Å². The Labute approximate surface area is 127 Å². The van der Waals surface area contributed by atoms with E-state index < -0.39 is 0 Å². The Kier molecular flexibility index (Phi) is 3.29. The van der Waals surface area contributed by atoms with Crippen LogP contribution in [0, 0.1) is 0 Å². The minimum absolute atomic E-state index is 0.685. The zero-order valence-corrected chi connectivity index (χ0v) is 12.3. The SMILES string of the molecule is c1coc(-c2ncc3c(n2)CCN(Cc2ccsc2)C3)c1. The van der Waals surface area contributed by atoms with Crippen LogP contribution in [-0.4, -0.2) is 21.4 Å². The van der Waals surface area contributed by atoms with Gasteiger partial charge in [0.2, 0.25) is 0 Å². The number of fused-ring (bicyclic) bond motifs is 1. The molecule has 0 fully saturated rings. The molecule has 21 heavy (non-hydrogen) atoms. The van der Waals surface area contributed by atoms with E-state index >= 15 is 0 Å². The quantitative estimate of drug-likeness (QED) is 0.743. The first-order chi connectivity index (χ1) is 10.4. The summed E-state index contributed by atoms with van der Waals surface area (Å²) >= 11 is 1.75. The molecular weight excluding hydrogens is 282 g/mol. The summed E-state index contributed by atoms with van der Waals surface area (Å²) in [5, 5.41) is 4.35. The van der Waals surface area contributed by atoms with Gasteiger partial charge in [-0.05, 0) is 34.5 Å². The van der Waals surface area contributed by atoms with Crippen LogP contribution >= 0.6 is 11.3 Å². The number of furan rings is 1. The Hall–Kier alpha value is -1.98. The van der Waals surface area contributed by atoms with Crippen LogP contribution in [0.5, 0.6) is 0 Å². The fraction of sp³-hybridized carbons (Fsp3) is 0.250. The molecule has 4 nitrogen and oxygen atoms in total. The number of hydrogen-bond donors (Lipinski definition) is 0. The summed E-state index contributed by atoms with van der Waals surface area (Å²) in [5.74, 6) is 1.42. The lowest BCUT2D eigenvalue weighted by Crippen LogP contribution is -2.30. The first kappa shape index (κ1) is 12.7. The molecule has 3 aromatic rings. The molecule has 0 saturated carbocycles. The molecule has 4 heterocycles. The van der Waals surface area contributed by atoms with Crippen molar-refractivity contribution in [1.82, 2.24) is 14.9 Å². The molecular formula is C16H15N3OS. The fourth-order valence-electron chi connectivity index (χ4n) is 2.67. The molecule has 0 atom stereocenters. The van der Waals surface area contributed by atoms with Gasteiger partial charge in [0.05, 0.1) is 12.0 Å². The van der Waals surface area contributed by atoms with Crippen molar-refractivity contribution in [3.8, 4) is 11.6 Å². The standard InChI is InChI=1S/C16H15N3OS/c1-2-15(20-6-1)16-17-8-13-10-19(5-3-14(13)18-16)9-12-4-7-21-11-12/h1-2,4,6-8,11H,3,5,9-10H2. The molecule has 0 radical (unpaired) electrons. The van der Waals surface area contributed by atoms with Crippen LogP contribution in [0.3, 0.4) is 0 Å². The molecule has 4 rings (SSSR count). The zero-order valence-electron chi connectivity index (χ0n) is 11.5. The zero-order chi connectivity index (χ0) is 14.1. The lowest BCUT2D eigenvalue weighted by Gasteiger charge is -2.27. The highest BCUT2D eigenvalue weighted by molar-refractivity contribution is 7.07. The lowest BCUT2D eigenvalue weighted by atomic mass is 10.1. The van der Waals surface area contributed by atoms with Gasteiger partial charge >= 0.3 is 0 Å². The van der Waals surface area contributed by atoms with Gasteiger partial charge in [-0.15, -0.1) is 0 Å². The number of thiophene rings is 1. The molecule has 0 bridgehead atoms. The van der Waals surface area contributed by atoms with E-state index in [4.69, 9.17) is 4.42 Å². The summed E-state index contributed by atoms with van der Waals surface area (Å²) in [6, 6.07) is 5.95. The average Bonchev–Trinajstić information content (AvgIpc) is 3.20. The van der Waals surface area contributed by atoms with Crippen LogP contribution in [0.15, 0.2) is 45.8 Å². The van der Waals surface area contributed by atoms with Gasteiger partial charge in [0.1, 0.15) is 0 Å². The van der Waals surface area contributed by atoms with Gasteiger partial charge in [-0.1, -0.05) is 0 Å². The van der Waals surface area contributed by atoms with Crippen molar-refractivity contribution in [3.05, 3.63) is 58.2 Å². The predicted molar refractivity (Wildman–Crippen MR) is 81.9 cm³/mol. The van der Waals surface area contributed by atoms with Crippen molar-refractivity contribution in [1.29, 1.82) is 0 Å². The normalized spacial score (nSPS) is 15.0. The van der Waals surface area contributed by atoms with Crippen LogP contribution in [0.2, 0.25) is 0 Å². The van der Waals surface area contributed by atoms with Crippen molar-refractivity contribution in [2.75, 3.05) is 6.54 Å². The maximum Gasteiger partial charge on any atom is 0.195 e. The van der Waals surface area contributed by atoms with Crippen LogP contribution in [0.1, 0.15) is 16.8 Å². The van der Waals surface area contributed by atoms with E-state index in [0.717, 1.165) is 37.5 Å². The van der Waals surface area contributed by atoms with Gasteiger partial charge in [0.15, 0.2) is 11.6 Å². The highest BCUT2D eigenvalue weighted by Gasteiger charge is 2.19. The Balaban J connectivity index is 1.54.